The zero-order valence-corrected chi connectivity index (χ0v) is 31.1. The second-order valence-electron chi connectivity index (χ2n) is 14.2. The van der Waals surface area contributed by atoms with Crippen molar-refractivity contribution in [2.45, 2.75) is 217 Å². The summed E-state index contributed by atoms with van der Waals surface area (Å²) in [5.74, 6) is -0.618. The van der Waals surface area contributed by atoms with E-state index in [0.29, 0.717) is 6.42 Å². The van der Waals surface area contributed by atoms with E-state index in [-0.39, 0.29) is 6.61 Å². The van der Waals surface area contributed by atoms with Gasteiger partial charge < -0.3 is 45.4 Å². The van der Waals surface area contributed by atoms with Gasteiger partial charge in [0.1, 0.15) is 30.5 Å². The number of unbranched alkanes of at least 4 members (excludes halogenated alkanes) is 21. The van der Waals surface area contributed by atoms with Gasteiger partial charge in [-0.05, 0) is 19.3 Å². The van der Waals surface area contributed by atoms with Crippen molar-refractivity contribution >= 4 is 5.91 Å². The van der Waals surface area contributed by atoms with E-state index in [4.69, 9.17) is 9.47 Å². The third-order valence-corrected chi connectivity index (χ3v) is 9.72. The van der Waals surface area contributed by atoms with E-state index in [0.717, 1.165) is 44.9 Å². The summed E-state index contributed by atoms with van der Waals surface area (Å²) in [6, 6.07) is -0.972. The summed E-state index contributed by atoms with van der Waals surface area (Å²) >= 11 is 0. The maximum atomic E-state index is 12.9. The Labute approximate surface area is 298 Å². The van der Waals surface area contributed by atoms with Gasteiger partial charge in [0.15, 0.2) is 6.29 Å². The van der Waals surface area contributed by atoms with Gasteiger partial charge in [-0.25, -0.2) is 0 Å². The zero-order valence-electron chi connectivity index (χ0n) is 31.1. The van der Waals surface area contributed by atoms with Crippen LogP contribution in [0.2, 0.25) is 0 Å². The maximum Gasteiger partial charge on any atom is 0.249 e. The molecular formula is C39H75NO9. The molecule has 1 aliphatic heterocycles. The highest BCUT2D eigenvalue weighted by molar-refractivity contribution is 5.80. The SMILES string of the molecule is CCCCCCCCCCC/C=C/C(O)C(COC1OC(CO)C(O)C(O)C1O)NC(=O)C(O)CCCCCCCCCCCCCCC. The van der Waals surface area contributed by atoms with Crippen LogP contribution in [-0.2, 0) is 14.3 Å². The van der Waals surface area contributed by atoms with Crippen molar-refractivity contribution in [3.05, 3.63) is 12.2 Å². The van der Waals surface area contributed by atoms with Crippen LogP contribution in [0.3, 0.4) is 0 Å². The minimum absolute atomic E-state index is 0.302. The smallest absolute Gasteiger partial charge is 0.249 e. The lowest BCUT2D eigenvalue weighted by molar-refractivity contribution is -0.302. The first-order chi connectivity index (χ1) is 23.8. The van der Waals surface area contributed by atoms with Gasteiger partial charge in [-0.3, -0.25) is 4.79 Å². The van der Waals surface area contributed by atoms with E-state index in [1.165, 1.54) is 103 Å². The molecule has 0 aromatic rings. The fourth-order valence-corrected chi connectivity index (χ4v) is 6.34. The number of carbonyl (C=O) groups excluding carboxylic acids is 1. The fraction of sp³-hybridized carbons (Fsp3) is 0.923. The first-order valence-corrected chi connectivity index (χ1v) is 20.0. The number of nitrogens with one attached hydrogen (secondary N) is 1. The Morgan fingerprint density at radius 1 is 0.694 bits per heavy atom. The highest BCUT2D eigenvalue weighted by Gasteiger charge is 2.44. The Morgan fingerprint density at radius 2 is 1.16 bits per heavy atom. The number of aliphatic hydroxyl groups is 6. The Balaban J connectivity index is 2.50. The monoisotopic (exact) mass is 702 g/mol. The summed E-state index contributed by atoms with van der Waals surface area (Å²) in [6.45, 7) is 3.56. The Bertz CT molecular complexity index is 798. The van der Waals surface area contributed by atoms with Gasteiger partial charge in [-0.1, -0.05) is 161 Å². The molecule has 290 valence electrons. The molecule has 7 N–H and O–H groups in total. The van der Waals surface area contributed by atoms with Crippen LogP contribution in [0.25, 0.3) is 0 Å². The van der Waals surface area contributed by atoms with Crippen LogP contribution >= 0.6 is 0 Å². The second-order valence-corrected chi connectivity index (χ2v) is 14.2. The van der Waals surface area contributed by atoms with Crippen molar-refractivity contribution in [2.24, 2.45) is 0 Å². The molecule has 0 radical (unpaired) electrons. The van der Waals surface area contributed by atoms with Crippen molar-refractivity contribution < 1.29 is 44.9 Å². The topological polar surface area (TPSA) is 169 Å². The Morgan fingerprint density at radius 3 is 1.65 bits per heavy atom. The number of aliphatic hydroxyl groups excluding tert-OH is 6. The summed E-state index contributed by atoms with van der Waals surface area (Å²) in [4.78, 5) is 12.9. The molecule has 1 saturated heterocycles. The van der Waals surface area contributed by atoms with E-state index in [9.17, 15) is 35.4 Å². The van der Waals surface area contributed by atoms with Crippen LogP contribution in [0, 0.1) is 0 Å². The van der Waals surface area contributed by atoms with Crippen molar-refractivity contribution in [3.8, 4) is 0 Å². The highest BCUT2D eigenvalue weighted by atomic mass is 16.7. The molecule has 8 unspecified atom stereocenters. The van der Waals surface area contributed by atoms with Gasteiger partial charge in [0.2, 0.25) is 5.91 Å². The molecule has 1 fully saturated rings. The van der Waals surface area contributed by atoms with Crippen LogP contribution < -0.4 is 5.32 Å². The molecular weight excluding hydrogens is 626 g/mol. The van der Waals surface area contributed by atoms with E-state index >= 15 is 0 Å². The van der Waals surface area contributed by atoms with Gasteiger partial charge in [0.05, 0.1) is 25.4 Å². The highest BCUT2D eigenvalue weighted by Crippen LogP contribution is 2.22. The van der Waals surface area contributed by atoms with Crippen LogP contribution in [0.15, 0.2) is 12.2 Å². The van der Waals surface area contributed by atoms with E-state index < -0.39 is 61.5 Å². The maximum absolute atomic E-state index is 12.9. The molecule has 49 heavy (non-hydrogen) atoms. The number of allylic oxidation sites excluding steroid dienone is 1. The largest absolute Gasteiger partial charge is 0.394 e. The van der Waals surface area contributed by atoms with Gasteiger partial charge in [-0.15, -0.1) is 0 Å². The van der Waals surface area contributed by atoms with Crippen molar-refractivity contribution in [3.63, 3.8) is 0 Å². The number of rotatable bonds is 32. The molecule has 1 amide bonds. The quantitative estimate of drug-likeness (QED) is 0.0330. The van der Waals surface area contributed by atoms with Gasteiger partial charge >= 0.3 is 0 Å². The van der Waals surface area contributed by atoms with Crippen molar-refractivity contribution in [1.29, 1.82) is 0 Å². The Hall–Kier alpha value is -1.11. The van der Waals surface area contributed by atoms with Gasteiger partial charge in [-0.2, -0.15) is 0 Å². The number of hydrogen-bond donors (Lipinski definition) is 7. The molecule has 1 aliphatic rings. The van der Waals surface area contributed by atoms with Crippen LogP contribution in [0.1, 0.15) is 168 Å². The minimum Gasteiger partial charge on any atom is -0.394 e. The third-order valence-electron chi connectivity index (χ3n) is 9.72. The Kier molecular flexibility index (Phi) is 28.6. The summed E-state index contributed by atoms with van der Waals surface area (Å²) in [6.07, 6.45) is 21.6. The van der Waals surface area contributed by atoms with Gasteiger partial charge in [0.25, 0.3) is 0 Å². The number of ether oxygens (including phenoxy) is 2. The average molecular weight is 702 g/mol. The van der Waals surface area contributed by atoms with Crippen LogP contribution in [0.4, 0.5) is 0 Å². The summed E-state index contributed by atoms with van der Waals surface area (Å²) in [5.41, 5.74) is 0. The molecule has 10 heteroatoms. The van der Waals surface area contributed by atoms with Crippen LogP contribution in [-0.4, -0.2) is 98.7 Å². The van der Waals surface area contributed by atoms with E-state index in [1.807, 2.05) is 6.08 Å². The van der Waals surface area contributed by atoms with E-state index in [2.05, 4.69) is 19.2 Å². The molecule has 10 nitrogen and oxygen atoms in total. The number of amides is 1. The average Bonchev–Trinajstić information content (AvgIpc) is 3.10. The van der Waals surface area contributed by atoms with Crippen molar-refractivity contribution in [2.75, 3.05) is 13.2 Å². The molecule has 8 atom stereocenters. The number of carbonyl (C=O) groups is 1. The first-order valence-electron chi connectivity index (χ1n) is 20.0. The minimum atomic E-state index is -1.60. The number of hydrogen-bond acceptors (Lipinski definition) is 9. The molecule has 0 spiro atoms. The summed E-state index contributed by atoms with van der Waals surface area (Å²) in [7, 11) is 0. The molecule has 0 aromatic carbocycles. The van der Waals surface area contributed by atoms with Gasteiger partial charge in [0, 0.05) is 0 Å². The van der Waals surface area contributed by atoms with E-state index in [1.54, 1.807) is 6.08 Å². The predicted octanol–water partition coefficient (Wildman–Crippen LogP) is 5.97. The molecule has 0 bridgehead atoms. The summed E-state index contributed by atoms with van der Waals surface area (Å²) in [5, 5.41) is 64.3. The molecule has 0 saturated carbocycles. The van der Waals surface area contributed by atoms with Crippen molar-refractivity contribution in [1.82, 2.24) is 5.32 Å². The molecule has 0 aromatic heterocycles. The standard InChI is InChI=1S/C39H75NO9/c1-3-5-7-9-11-13-15-16-18-20-22-24-26-28-33(43)38(47)40-31(30-48-39-37(46)36(45)35(44)34(29-41)49-39)32(42)27-25-23-21-19-17-14-12-10-8-6-4-2/h25,27,31-37,39,41-46H,3-24,26,28-30H2,1-2H3,(H,40,47)/b27-25+. The first kappa shape index (κ1) is 45.9. The predicted molar refractivity (Wildman–Crippen MR) is 195 cm³/mol. The molecule has 1 rings (SSSR count). The normalized spacial score (nSPS) is 23.1. The fourth-order valence-electron chi connectivity index (χ4n) is 6.34. The molecule has 0 aliphatic carbocycles. The zero-order chi connectivity index (χ0) is 36.1. The third kappa shape index (κ3) is 21.8. The second kappa shape index (κ2) is 30.5. The lowest BCUT2D eigenvalue weighted by Crippen LogP contribution is -2.60. The lowest BCUT2D eigenvalue weighted by atomic mass is 9.99. The van der Waals surface area contributed by atoms with Crippen LogP contribution in [0.5, 0.6) is 0 Å². The molecule has 1 heterocycles. The lowest BCUT2D eigenvalue weighted by Gasteiger charge is -2.40. The summed E-state index contributed by atoms with van der Waals surface area (Å²) < 4.78 is 11.1.